The minimum Gasteiger partial charge on any atom is -0.490 e. The maximum atomic E-state index is 12.4. The van der Waals surface area contributed by atoms with Gasteiger partial charge in [-0.15, -0.1) is 13.2 Å². The van der Waals surface area contributed by atoms with Crippen LogP contribution < -0.4 is 9.47 Å². The highest BCUT2D eigenvalue weighted by Crippen LogP contribution is 2.25. The van der Waals surface area contributed by atoms with E-state index in [9.17, 15) is 4.79 Å². The second kappa shape index (κ2) is 11.6. The van der Waals surface area contributed by atoms with Crippen LogP contribution in [0.5, 0.6) is 11.5 Å². The molecule has 0 N–H and O–H groups in total. The lowest BCUT2D eigenvalue weighted by Gasteiger charge is -2.10. The lowest BCUT2D eigenvalue weighted by molar-refractivity contribution is -0.110. The fourth-order valence-corrected chi connectivity index (χ4v) is 3.42. The van der Waals surface area contributed by atoms with Crippen LogP contribution >= 0.6 is 0 Å². The van der Waals surface area contributed by atoms with E-state index in [0.717, 1.165) is 47.0 Å². The van der Waals surface area contributed by atoms with Gasteiger partial charge in [0.15, 0.2) is 5.78 Å². The molecule has 5 heteroatoms. The molecule has 2 unspecified atom stereocenters. The third kappa shape index (κ3) is 7.30. The standard InChI is InChI=1S/C29H30O5/c1-3-5-23-15-21(9-13-28(23)33-19-26-17-31-26)7-11-25(30)12-8-22-10-14-29(24(16-22)6-4-2)34-20-27-18-32-27/h3-4,7-16,26-27H,1-2,5-6,17-20H2/b11-7+,12-8+. The number of carbonyl (C=O) groups excluding carboxylic acids is 1. The van der Waals surface area contributed by atoms with E-state index in [0.29, 0.717) is 26.1 Å². The van der Waals surface area contributed by atoms with E-state index in [1.807, 2.05) is 60.7 Å². The smallest absolute Gasteiger partial charge is 0.178 e. The maximum Gasteiger partial charge on any atom is 0.178 e. The Bertz CT molecular complexity index is 1000. The van der Waals surface area contributed by atoms with Crippen molar-refractivity contribution >= 4 is 17.9 Å². The van der Waals surface area contributed by atoms with E-state index in [2.05, 4.69) is 13.2 Å². The summed E-state index contributed by atoms with van der Waals surface area (Å²) in [7, 11) is 0. The number of ether oxygens (including phenoxy) is 4. The van der Waals surface area contributed by atoms with Gasteiger partial charge in [0, 0.05) is 0 Å². The van der Waals surface area contributed by atoms with Crippen molar-refractivity contribution in [1.29, 1.82) is 0 Å². The van der Waals surface area contributed by atoms with Gasteiger partial charge in [0.25, 0.3) is 0 Å². The molecule has 0 radical (unpaired) electrons. The minimum absolute atomic E-state index is 0.0899. The van der Waals surface area contributed by atoms with Gasteiger partial charge in [0.05, 0.1) is 13.2 Å². The average Bonchev–Trinajstić information content (AvgIpc) is 3.76. The molecule has 2 aromatic carbocycles. The summed E-state index contributed by atoms with van der Waals surface area (Å²) in [5.41, 5.74) is 3.93. The zero-order valence-electron chi connectivity index (χ0n) is 19.3. The van der Waals surface area contributed by atoms with Gasteiger partial charge in [0.2, 0.25) is 0 Å². The van der Waals surface area contributed by atoms with Crippen LogP contribution in [0.3, 0.4) is 0 Å². The molecule has 0 aliphatic carbocycles. The fraction of sp³-hybridized carbons (Fsp3) is 0.276. The highest BCUT2D eigenvalue weighted by Gasteiger charge is 2.24. The van der Waals surface area contributed by atoms with E-state index in [1.165, 1.54) is 0 Å². The summed E-state index contributed by atoms with van der Waals surface area (Å²) in [5.74, 6) is 1.56. The normalized spacial score (nSPS) is 18.7. The van der Waals surface area contributed by atoms with E-state index < -0.39 is 0 Å². The van der Waals surface area contributed by atoms with Gasteiger partial charge < -0.3 is 18.9 Å². The predicted molar refractivity (Wildman–Crippen MR) is 134 cm³/mol. The summed E-state index contributed by atoms with van der Waals surface area (Å²) < 4.78 is 22.1. The molecule has 0 aromatic heterocycles. The molecule has 5 nitrogen and oxygen atoms in total. The van der Waals surface area contributed by atoms with Gasteiger partial charge in [-0.2, -0.15) is 0 Å². The molecular weight excluding hydrogens is 428 g/mol. The van der Waals surface area contributed by atoms with Crippen molar-refractivity contribution in [3.05, 3.63) is 96.1 Å². The number of allylic oxidation sites excluding steroid dienone is 4. The average molecular weight is 459 g/mol. The quantitative estimate of drug-likeness (QED) is 0.227. The van der Waals surface area contributed by atoms with Crippen molar-refractivity contribution in [2.75, 3.05) is 26.4 Å². The Kier molecular flexibility index (Phi) is 8.12. The molecule has 2 atom stereocenters. The van der Waals surface area contributed by atoms with Crippen LogP contribution in [0.1, 0.15) is 22.3 Å². The second-order valence-corrected chi connectivity index (χ2v) is 8.32. The van der Waals surface area contributed by atoms with Crippen molar-refractivity contribution in [1.82, 2.24) is 0 Å². The van der Waals surface area contributed by atoms with Crippen LogP contribution in [-0.4, -0.2) is 44.4 Å². The first kappa shape index (κ1) is 23.7. The molecule has 0 amide bonds. The molecule has 2 aliphatic heterocycles. The summed E-state index contributed by atoms with van der Waals surface area (Å²) in [6, 6.07) is 11.8. The number of hydrogen-bond acceptors (Lipinski definition) is 5. The van der Waals surface area contributed by atoms with E-state index in [1.54, 1.807) is 12.2 Å². The van der Waals surface area contributed by atoms with Crippen LogP contribution in [0, 0.1) is 0 Å². The largest absolute Gasteiger partial charge is 0.490 e. The topological polar surface area (TPSA) is 60.6 Å². The lowest BCUT2D eigenvalue weighted by Crippen LogP contribution is -2.05. The first-order chi connectivity index (χ1) is 16.6. The second-order valence-electron chi connectivity index (χ2n) is 8.32. The van der Waals surface area contributed by atoms with Gasteiger partial charge in [0.1, 0.15) is 36.9 Å². The Morgan fingerprint density at radius 1 is 0.824 bits per heavy atom. The van der Waals surface area contributed by atoms with Crippen molar-refractivity contribution < 1.29 is 23.7 Å². The van der Waals surface area contributed by atoms with Gasteiger partial charge in [-0.25, -0.2) is 0 Å². The third-order valence-corrected chi connectivity index (χ3v) is 5.43. The predicted octanol–water partition coefficient (Wildman–Crippen LogP) is 4.99. The van der Waals surface area contributed by atoms with Crippen LogP contribution in [0.15, 0.2) is 73.9 Å². The summed E-state index contributed by atoms with van der Waals surface area (Å²) in [6.45, 7) is 10.3. The van der Waals surface area contributed by atoms with Crippen LogP contribution in [-0.2, 0) is 27.1 Å². The fourth-order valence-electron chi connectivity index (χ4n) is 3.42. The summed E-state index contributed by atoms with van der Waals surface area (Å²) in [4.78, 5) is 12.4. The molecule has 2 aliphatic rings. The highest BCUT2D eigenvalue weighted by molar-refractivity contribution is 6.04. The first-order valence-electron chi connectivity index (χ1n) is 11.5. The number of rotatable bonds is 14. The number of benzene rings is 2. The molecule has 0 bridgehead atoms. The zero-order chi connectivity index (χ0) is 23.8. The molecule has 2 saturated heterocycles. The Morgan fingerprint density at radius 3 is 1.65 bits per heavy atom. The van der Waals surface area contributed by atoms with Gasteiger partial charge in [-0.1, -0.05) is 36.4 Å². The van der Waals surface area contributed by atoms with Gasteiger partial charge in [-0.05, 0) is 71.5 Å². The molecule has 4 rings (SSSR count). The Morgan fingerprint density at radius 2 is 1.26 bits per heavy atom. The summed E-state index contributed by atoms with van der Waals surface area (Å²) >= 11 is 0. The number of ketones is 1. The Balaban J connectivity index is 1.38. The van der Waals surface area contributed by atoms with Crippen molar-refractivity contribution in [3.8, 4) is 11.5 Å². The van der Waals surface area contributed by atoms with Gasteiger partial charge in [-0.3, -0.25) is 4.79 Å². The SMILES string of the molecule is C=CCc1cc(/C=C/C(=O)/C=C/c2ccc(OCC3CO3)c(CC=C)c2)ccc1OCC1CO1. The van der Waals surface area contributed by atoms with Crippen molar-refractivity contribution in [2.45, 2.75) is 25.0 Å². The monoisotopic (exact) mass is 458 g/mol. The zero-order valence-corrected chi connectivity index (χ0v) is 19.3. The minimum atomic E-state index is -0.0899. The van der Waals surface area contributed by atoms with E-state index in [-0.39, 0.29) is 18.0 Å². The molecule has 2 fully saturated rings. The summed E-state index contributed by atoms with van der Waals surface area (Å²) in [6.07, 6.45) is 12.2. The molecule has 34 heavy (non-hydrogen) atoms. The van der Waals surface area contributed by atoms with Crippen LogP contribution in [0.4, 0.5) is 0 Å². The molecule has 176 valence electrons. The Labute approximate surface area is 201 Å². The maximum absolute atomic E-state index is 12.4. The Hall–Kier alpha value is -3.41. The van der Waals surface area contributed by atoms with Crippen molar-refractivity contribution in [2.24, 2.45) is 0 Å². The highest BCUT2D eigenvalue weighted by atomic mass is 16.6. The molecule has 2 aromatic rings. The number of hydrogen-bond donors (Lipinski definition) is 0. The van der Waals surface area contributed by atoms with Crippen LogP contribution in [0.2, 0.25) is 0 Å². The lowest BCUT2D eigenvalue weighted by atomic mass is 10.0. The molecule has 2 heterocycles. The summed E-state index contributed by atoms with van der Waals surface area (Å²) in [5, 5.41) is 0. The third-order valence-electron chi connectivity index (χ3n) is 5.43. The van der Waals surface area contributed by atoms with Gasteiger partial charge >= 0.3 is 0 Å². The van der Waals surface area contributed by atoms with Crippen LogP contribution in [0.25, 0.3) is 12.2 Å². The van der Waals surface area contributed by atoms with E-state index in [4.69, 9.17) is 18.9 Å². The van der Waals surface area contributed by atoms with E-state index >= 15 is 0 Å². The number of epoxide rings is 2. The number of carbonyl (C=O) groups is 1. The molecular formula is C29H30O5. The molecule has 0 saturated carbocycles. The van der Waals surface area contributed by atoms with Crippen molar-refractivity contribution in [3.63, 3.8) is 0 Å². The molecule has 0 spiro atoms. The first-order valence-corrected chi connectivity index (χ1v) is 11.5.